The van der Waals surface area contributed by atoms with Crippen molar-refractivity contribution in [2.75, 3.05) is 6.54 Å². The molecule has 1 aromatic rings. The molecular weight excluding hydrogens is 200 g/mol. The Morgan fingerprint density at radius 1 is 1.44 bits per heavy atom. The van der Waals surface area contributed by atoms with E-state index in [1.165, 1.54) is 5.56 Å². The highest BCUT2D eigenvalue weighted by atomic mass is 16.1. The molecule has 0 bridgehead atoms. The van der Waals surface area contributed by atoms with Gasteiger partial charge in [0.25, 0.3) is 0 Å². The Morgan fingerprint density at radius 3 is 2.69 bits per heavy atom. The fourth-order valence-electron chi connectivity index (χ4n) is 2.35. The number of nitrogens with two attached hydrogens (primary N) is 1. The van der Waals surface area contributed by atoms with Crippen molar-refractivity contribution < 1.29 is 4.79 Å². The largest absolute Gasteiger partial charge is 0.369 e. The smallest absolute Gasteiger partial charge is 0.221 e. The van der Waals surface area contributed by atoms with Crippen LogP contribution in [0.1, 0.15) is 24.8 Å². The summed E-state index contributed by atoms with van der Waals surface area (Å²) in [6.07, 6.45) is 0.853. The summed E-state index contributed by atoms with van der Waals surface area (Å²) in [5, 5.41) is 3.39. The first-order valence-electron chi connectivity index (χ1n) is 5.76. The summed E-state index contributed by atoms with van der Waals surface area (Å²) in [5.74, 6) is 0.233. The summed E-state index contributed by atoms with van der Waals surface area (Å²) in [6.45, 7) is 2.91. The first-order valence-corrected chi connectivity index (χ1v) is 5.76. The molecule has 1 aromatic carbocycles. The molecule has 0 aliphatic carbocycles. The zero-order valence-electron chi connectivity index (χ0n) is 9.52. The third-order valence-corrected chi connectivity index (χ3v) is 3.50. The van der Waals surface area contributed by atoms with Crippen molar-refractivity contribution in [1.82, 2.24) is 5.32 Å². The molecule has 86 valence electrons. The monoisotopic (exact) mass is 218 g/mol. The minimum Gasteiger partial charge on any atom is -0.369 e. The van der Waals surface area contributed by atoms with E-state index in [4.69, 9.17) is 5.73 Å². The Morgan fingerprint density at radius 2 is 2.12 bits per heavy atom. The van der Waals surface area contributed by atoms with Crippen molar-refractivity contribution in [3.8, 4) is 0 Å². The summed E-state index contributed by atoms with van der Waals surface area (Å²) in [4.78, 5) is 11.1. The molecule has 3 N–H and O–H groups in total. The van der Waals surface area contributed by atoms with E-state index in [0.717, 1.165) is 13.0 Å². The zero-order chi connectivity index (χ0) is 11.5. The minimum absolute atomic E-state index is 0.00355. The van der Waals surface area contributed by atoms with Crippen molar-refractivity contribution in [1.29, 1.82) is 0 Å². The maximum Gasteiger partial charge on any atom is 0.221 e. The molecule has 1 heterocycles. The third-order valence-electron chi connectivity index (χ3n) is 3.50. The highest BCUT2D eigenvalue weighted by molar-refractivity contribution is 5.77. The van der Waals surface area contributed by atoms with Crippen molar-refractivity contribution in [2.24, 2.45) is 11.7 Å². The lowest BCUT2D eigenvalue weighted by Crippen LogP contribution is -2.27. The van der Waals surface area contributed by atoms with E-state index in [1.807, 2.05) is 18.2 Å². The van der Waals surface area contributed by atoms with Crippen LogP contribution < -0.4 is 11.1 Å². The van der Waals surface area contributed by atoms with Crippen LogP contribution >= 0.6 is 0 Å². The van der Waals surface area contributed by atoms with Gasteiger partial charge in [-0.15, -0.1) is 0 Å². The molecule has 1 fully saturated rings. The van der Waals surface area contributed by atoms with Gasteiger partial charge in [0.15, 0.2) is 0 Å². The zero-order valence-corrected chi connectivity index (χ0v) is 9.52. The van der Waals surface area contributed by atoms with Crippen molar-refractivity contribution in [3.63, 3.8) is 0 Å². The molecule has 0 spiro atoms. The summed E-state index contributed by atoms with van der Waals surface area (Å²) in [6, 6.07) is 10.7. The fourth-order valence-corrected chi connectivity index (χ4v) is 2.35. The lowest BCUT2D eigenvalue weighted by atomic mass is 9.90. The van der Waals surface area contributed by atoms with Crippen LogP contribution in [0.4, 0.5) is 0 Å². The van der Waals surface area contributed by atoms with Crippen LogP contribution in [0.25, 0.3) is 0 Å². The van der Waals surface area contributed by atoms with E-state index in [1.54, 1.807) is 0 Å². The van der Waals surface area contributed by atoms with Gasteiger partial charge in [-0.05, 0) is 17.9 Å². The molecule has 1 aliphatic rings. The van der Waals surface area contributed by atoms with Crippen molar-refractivity contribution in [2.45, 2.75) is 25.3 Å². The van der Waals surface area contributed by atoms with Gasteiger partial charge in [-0.1, -0.05) is 37.3 Å². The van der Waals surface area contributed by atoms with Gasteiger partial charge in [0.2, 0.25) is 5.91 Å². The van der Waals surface area contributed by atoms with Gasteiger partial charge in [0, 0.05) is 12.6 Å². The summed E-state index contributed by atoms with van der Waals surface area (Å²) < 4.78 is 0. The highest BCUT2D eigenvalue weighted by Crippen LogP contribution is 2.27. The Balaban J connectivity index is 2.02. The van der Waals surface area contributed by atoms with Crippen LogP contribution in [-0.2, 0) is 4.79 Å². The van der Waals surface area contributed by atoms with E-state index in [2.05, 4.69) is 24.4 Å². The predicted molar refractivity (Wildman–Crippen MR) is 63.9 cm³/mol. The van der Waals surface area contributed by atoms with Crippen LogP contribution in [-0.4, -0.2) is 18.5 Å². The number of nitrogens with one attached hydrogen (secondary N) is 1. The number of hydrogen-bond acceptors (Lipinski definition) is 2. The summed E-state index contributed by atoms with van der Waals surface area (Å²) in [5.41, 5.74) is 6.63. The van der Waals surface area contributed by atoms with E-state index < -0.39 is 0 Å². The fraction of sp³-hybridized carbons (Fsp3) is 0.462. The molecule has 3 nitrogen and oxygen atoms in total. The average molecular weight is 218 g/mol. The summed E-state index contributed by atoms with van der Waals surface area (Å²) >= 11 is 0. The average Bonchev–Trinajstić information content (AvgIpc) is 2.78. The Hall–Kier alpha value is -1.35. The standard InChI is InChI=1S/C13H18N2O/c1-9(10-5-3-2-4-6-10)12-7-11(8-15-12)13(14)16/h2-6,9,11-12,15H,7-8H2,1H3,(H2,14,16). The molecule has 3 unspecified atom stereocenters. The molecule has 1 amide bonds. The van der Waals surface area contributed by atoms with Crippen molar-refractivity contribution in [3.05, 3.63) is 35.9 Å². The van der Waals surface area contributed by atoms with Gasteiger partial charge in [-0.2, -0.15) is 0 Å². The molecule has 3 atom stereocenters. The first kappa shape index (κ1) is 11.1. The van der Waals surface area contributed by atoms with E-state index >= 15 is 0 Å². The molecule has 0 aromatic heterocycles. The molecule has 16 heavy (non-hydrogen) atoms. The van der Waals surface area contributed by atoms with E-state index in [-0.39, 0.29) is 11.8 Å². The number of rotatable bonds is 3. The summed E-state index contributed by atoms with van der Waals surface area (Å²) in [7, 11) is 0. The van der Waals surface area contributed by atoms with Gasteiger partial charge >= 0.3 is 0 Å². The van der Waals surface area contributed by atoms with Crippen LogP contribution in [0.2, 0.25) is 0 Å². The number of carbonyl (C=O) groups is 1. The van der Waals surface area contributed by atoms with E-state index in [9.17, 15) is 4.79 Å². The van der Waals surface area contributed by atoms with Crippen LogP contribution in [0.5, 0.6) is 0 Å². The predicted octanol–water partition coefficient (Wildman–Crippen LogP) is 1.25. The van der Waals surface area contributed by atoms with Gasteiger partial charge in [-0.3, -0.25) is 4.79 Å². The van der Waals surface area contributed by atoms with Gasteiger partial charge < -0.3 is 11.1 Å². The van der Waals surface area contributed by atoms with Crippen molar-refractivity contribution >= 4 is 5.91 Å². The quantitative estimate of drug-likeness (QED) is 0.802. The molecule has 0 saturated carbocycles. The van der Waals surface area contributed by atoms with Crippen LogP contribution in [0.15, 0.2) is 30.3 Å². The van der Waals surface area contributed by atoms with Gasteiger partial charge in [0.1, 0.15) is 0 Å². The second-order valence-corrected chi connectivity index (χ2v) is 4.55. The molecule has 1 aliphatic heterocycles. The SMILES string of the molecule is CC(c1ccccc1)C1CC(C(N)=O)CN1. The highest BCUT2D eigenvalue weighted by Gasteiger charge is 2.31. The molecule has 1 saturated heterocycles. The lowest BCUT2D eigenvalue weighted by Gasteiger charge is -2.19. The van der Waals surface area contributed by atoms with Gasteiger partial charge in [-0.25, -0.2) is 0 Å². The molecular formula is C13H18N2O. The van der Waals surface area contributed by atoms with Gasteiger partial charge in [0.05, 0.1) is 5.92 Å². The van der Waals surface area contributed by atoms with Crippen LogP contribution in [0.3, 0.4) is 0 Å². The van der Waals surface area contributed by atoms with E-state index in [0.29, 0.717) is 12.0 Å². The maximum absolute atomic E-state index is 11.1. The Labute approximate surface area is 96.0 Å². The number of amides is 1. The molecule has 2 rings (SSSR count). The Kier molecular flexibility index (Phi) is 3.25. The molecule has 3 heteroatoms. The first-order chi connectivity index (χ1) is 7.68. The Bertz CT molecular complexity index is 363. The molecule has 0 radical (unpaired) electrons. The third kappa shape index (κ3) is 2.25. The normalized spacial score (nSPS) is 26.6. The topological polar surface area (TPSA) is 55.1 Å². The van der Waals surface area contributed by atoms with Crippen LogP contribution in [0, 0.1) is 5.92 Å². The lowest BCUT2D eigenvalue weighted by molar-refractivity contribution is -0.121. The number of benzene rings is 1. The number of hydrogen-bond donors (Lipinski definition) is 2. The number of carbonyl (C=O) groups excluding carboxylic acids is 1. The minimum atomic E-state index is -0.185. The maximum atomic E-state index is 11.1. The second kappa shape index (κ2) is 4.66. The second-order valence-electron chi connectivity index (χ2n) is 4.55. The number of primary amides is 1.